The van der Waals surface area contributed by atoms with Crippen LogP contribution < -0.4 is 5.43 Å². The molecule has 2 heterocycles. The fraction of sp³-hybridized carbons (Fsp3) is 0.133. The second-order valence-corrected chi connectivity index (χ2v) is 5.85. The second-order valence-electron chi connectivity index (χ2n) is 4.94. The molecule has 2 aromatic heterocycles. The van der Waals surface area contributed by atoms with Gasteiger partial charge in [-0.05, 0) is 37.6 Å². The van der Waals surface area contributed by atoms with Crippen molar-refractivity contribution < 1.29 is 4.79 Å². The number of amides is 1. The van der Waals surface area contributed by atoms with Crippen LogP contribution in [0.4, 0.5) is 0 Å². The van der Waals surface area contributed by atoms with E-state index in [0.29, 0.717) is 5.78 Å². The number of rotatable bonds is 3. The minimum absolute atomic E-state index is 0.0270. The molecule has 3 aromatic rings. The van der Waals surface area contributed by atoms with E-state index in [1.165, 1.54) is 4.52 Å². The lowest BCUT2D eigenvalue weighted by Gasteiger charge is -1.97. The first kappa shape index (κ1) is 15.3. The number of nitrogens with zero attached hydrogens (tertiary/aromatic N) is 5. The largest absolute Gasteiger partial charge is 0.311 e. The molecule has 0 radical (unpaired) electrons. The molecule has 0 aliphatic rings. The molecular weight excluding hydrogens is 360 g/mol. The molecule has 0 saturated carbocycles. The van der Waals surface area contributed by atoms with Crippen molar-refractivity contribution in [1.82, 2.24) is 25.0 Å². The predicted molar refractivity (Wildman–Crippen MR) is 89.5 cm³/mol. The molecule has 1 amide bonds. The molecule has 7 nitrogen and oxygen atoms in total. The van der Waals surface area contributed by atoms with E-state index >= 15 is 0 Å². The number of halogens is 1. The van der Waals surface area contributed by atoms with E-state index in [1.54, 1.807) is 6.21 Å². The number of carbonyl (C=O) groups excluding carboxylic acids is 1. The maximum atomic E-state index is 12.1. The number of hydrogen-bond donors (Lipinski definition) is 1. The summed E-state index contributed by atoms with van der Waals surface area (Å²) in [5.74, 6) is -0.0652. The zero-order valence-corrected chi connectivity index (χ0v) is 14.1. The fourth-order valence-electron chi connectivity index (χ4n) is 2.03. The molecule has 0 spiro atoms. The number of fused-ring (bicyclic) bond motifs is 1. The molecule has 0 atom stereocenters. The number of nitrogens with one attached hydrogen (secondary N) is 1. The minimum atomic E-state index is -0.485. The zero-order chi connectivity index (χ0) is 16.4. The summed E-state index contributed by atoms with van der Waals surface area (Å²) < 4.78 is 2.51. The van der Waals surface area contributed by atoms with Gasteiger partial charge in [0, 0.05) is 15.9 Å². The van der Waals surface area contributed by atoms with E-state index in [9.17, 15) is 4.79 Å². The van der Waals surface area contributed by atoms with Crippen LogP contribution in [0.15, 0.2) is 39.9 Å². The Morgan fingerprint density at radius 2 is 2.00 bits per heavy atom. The smallest absolute Gasteiger partial charge is 0.264 e. The Hall–Kier alpha value is -2.61. The van der Waals surface area contributed by atoms with Gasteiger partial charge in [-0.15, -0.1) is 5.10 Å². The van der Waals surface area contributed by atoms with Crippen molar-refractivity contribution in [3.63, 3.8) is 0 Å². The number of hydrogen-bond acceptors (Lipinski definition) is 5. The lowest BCUT2D eigenvalue weighted by Crippen LogP contribution is -2.19. The van der Waals surface area contributed by atoms with E-state index in [1.807, 2.05) is 44.2 Å². The van der Waals surface area contributed by atoms with Gasteiger partial charge in [0.15, 0.2) is 0 Å². The van der Waals surface area contributed by atoms with E-state index in [-0.39, 0.29) is 5.82 Å². The predicted octanol–water partition coefficient (Wildman–Crippen LogP) is 2.27. The van der Waals surface area contributed by atoms with Gasteiger partial charge in [-0.1, -0.05) is 28.1 Å². The number of aromatic nitrogens is 4. The Kier molecular flexibility index (Phi) is 4.16. The van der Waals surface area contributed by atoms with Crippen LogP contribution in [0, 0.1) is 13.8 Å². The number of benzene rings is 1. The summed E-state index contributed by atoms with van der Waals surface area (Å²) in [5, 5.41) is 8.05. The van der Waals surface area contributed by atoms with Gasteiger partial charge >= 0.3 is 5.91 Å². The number of carbonyl (C=O) groups is 1. The van der Waals surface area contributed by atoms with Gasteiger partial charge in [0.05, 0.1) is 6.21 Å². The van der Waals surface area contributed by atoms with Gasteiger partial charge in [-0.3, -0.25) is 4.79 Å². The molecular formula is C15H13BrN6O. The molecule has 8 heteroatoms. The van der Waals surface area contributed by atoms with Gasteiger partial charge in [0.25, 0.3) is 5.78 Å². The van der Waals surface area contributed by atoms with Crippen molar-refractivity contribution in [3.8, 4) is 0 Å². The lowest BCUT2D eigenvalue weighted by molar-refractivity contribution is 0.0945. The SMILES string of the molecule is Cc1cc(C)n2nc(C(=O)N/N=C/c3ccc(Br)cc3)nc2n1. The highest BCUT2D eigenvalue weighted by Crippen LogP contribution is 2.09. The van der Waals surface area contributed by atoms with Crippen molar-refractivity contribution in [3.05, 3.63) is 57.6 Å². The quantitative estimate of drug-likeness (QED) is 0.564. The molecule has 116 valence electrons. The highest BCUT2D eigenvalue weighted by atomic mass is 79.9. The number of hydrazone groups is 1. The minimum Gasteiger partial charge on any atom is -0.264 e. The van der Waals surface area contributed by atoms with Crippen molar-refractivity contribution in [2.45, 2.75) is 13.8 Å². The number of aryl methyl sites for hydroxylation is 2. The summed E-state index contributed by atoms with van der Waals surface area (Å²) in [6.45, 7) is 3.74. The highest BCUT2D eigenvalue weighted by Gasteiger charge is 2.14. The third-order valence-electron chi connectivity index (χ3n) is 3.07. The van der Waals surface area contributed by atoms with Crippen LogP contribution in [0.5, 0.6) is 0 Å². The van der Waals surface area contributed by atoms with Crippen molar-refractivity contribution in [2.24, 2.45) is 5.10 Å². The Bertz CT molecular complexity index is 900. The first-order chi connectivity index (χ1) is 11.0. The maximum absolute atomic E-state index is 12.1. The second kappa shape index (κ2) is 6.25. The maximum Gasteiger partial charge on any atom is 0.311 e. The Morgan fingerprint density at radius 3 is 2.74 bits per heavy atom. The van der Waals surface area contributed by atoms with Gasteiger partial charge in [0.1, 0.15) is 0 Å². The summed E-state index contributed by atoms with van der Waals surface area (Å²) in [6.07, 6.45) is 1.55. The zero-order valence-electron chi connectivity index (χ0n) is 12.5. The molecule has 0 aliphatic carbocycles. The van der Waals surface area contributed by atoms with E-state index < -0.39 is 5.91 Å². The fourth-order valence-corrected chi connectivity index (χ4v) is 2.29. The molecule has 3 rings (SSSR count). The summed E-state index contributed by atoms with van der Waals surface area (Å²) in [7, 11) is 0. The summed E-state index contributed by atoms with van der Waals surface area (Å²) >= 11 is 3.36. The Labute approximate surface area is 140 Å². The van der Waals surface area contributed by atoms with Crippen LogP contribution in [0.25, 0.3) is 5.78 Å². The van der Waals surface area contributed by atoms with Crippen LogP contribution in [-0.2, 0) is 0 Å². The van der Waals surface area contributed by atoms with Gasteiger partial charge in [0.2, 0.25) is 5.82 Å². The normalized spacial score (nSPS) is 11.3. The van der Waals surface area contributed by atoms with Crippen molar-refractivity contribution in [1.29, 1.82) is 0 Å². The molecule has 1 N–H and O–H groups in total. The monoisotopic (exact) mass is 372 g/mol. The van der Waals surface area contributed by atoms with Gasteiger partial charge in [-0.25, -0.2) is 14.9 Å². The lowest BCUT2D eigenvalue weighted by atomic mass is 10.2. The Morgan fingerprint density at radius 1 is 1.26 bits per heavy atom. The van der Waals surface area contributed by atoms with Crippen LogP contribution in [-0.4, -0.2) is 31.7 Å². The molecule has 0 aliphatic heterocycles. The highest BCUT2D eigenvalue weighted by molar-refractivity contribution is 9.10. The average Bonchev–Trinajstić information content (AvgIpc) is 2.93. The molecule has 23 heavy (non-hydrogen) atoms. The molecule has 0 fully saturated rings. The van der Waals surface area contributed by atoms with Crippen LogP contribution in [0.3, 0.4) is 0 Å². The Balaban J connectivity index is 1.75. The molecule has 0 unspecified atom stereocenters. The van der Waals surface area contributed by atoms with E-state index in [4.69, 9.17) is 0 Å². The standard InChI is InChI=1S/C15H13BrN6O/c1-9-7-10(2)22-15(18-9)19-13(21-22)14(23)20-17-8-11-3-5-12(16)6-4-11/h3-8H,1-2H3,(H,20,23)/b17-8+. The van der Waals surface area contributed by atoms with Gasteiger partial charge < -0.3 is 0 Å². The summed E-state index contributed by atoms with van der Waals surface area (Å²) in [6, 6.07) is 9.40. The summed E-state index contributed by atoms with van der Waals surface area (Å²) in [5.41, 5.74) is 4.96. The van der Waals surface area contributed by atoms with E-state index in [0.717, 1.165) is 21.4 Å². The summed E-state index contributed by atoms with van der Waals surface area (Å²) in [4.78, 5) is 20.4. The third-order valence-corrected chi connectivity index (χ3v) is 3.60. The first-order valence-electron chi connectivity index (χ1n) is 6.83. The topological polar surface area (TPSA) is 84.5 Å². The van der Waals surface area contributed by atoms with Crippen molar-refractivity contribution in [2.75, 3.05) is 0 Å². The third kappa shape index (κ3) is 3.42. The van der Waals surface area contributed by atoms with Gasteiger partial charge in [-0.2, -0.15) is 10.1 Å². The van der Waals surface area contributed by atoms with Crippen LogP contribution in [0.1, 0.15) is 27.6 Å². The van der Waals surface area contributed by atoms with Crippen LogP contribution in [0.2, 0.25) is 0 Å². The molecule has 1 aromatic carbocycles. The van der Waals surface area contributed by atoms with Crippen molar-refractivity contribution >= 4 is 33.8 Å². The average molecular weight is 373 g/mol. The molecule has 0 bridgehead atoms. The first-order valence-corrected chi connectivity index (χ1v) is 7.62. The van der Waals surface area contributed by atoms with E-state index in [2.05, 4.69) is 41.5 Å². The molecule has 0 saturated heterocycles. The van der Waals surface area contributed by atoms with Crippen LogP contribution >= 0.6 is 15.9 Å².